The van der Waals surface area contributed by atoms with Crippen molar-refractivity contribution < 1.29 is 4.79 Å². The zero-order valence-corrected chi connectivity index (χ0v) is 12.2. The molecule has 0 atom stereocenters. The molecule has 3 nitrogen and oxygen atoms in total. The first-order valence-electron chi connectivity index (χ1n) is 6.26. The summed E-state index contributed by atoms with van der Waals surface area (Å²) in [4.78, 5) is 13.8. The van der Waals surface area contributed by atoms with E-state index < -0.39 is 0 Å². The van der Waals surface area contributed by atoms with Crippen molar-refractivity contribution in [2.45, 2.75) is 37.8 Å². The van der Waals surface area contributed by atoms with Crippen LogP contribution in [0.5, 0.6) is 0 Å². The minimum Gasteiger partial charge on any atom is -0.341 e. The summed E-state index contributed by atoms with van der Waals surface area (Å²) in [5, 5.41) is 0. The lowest BCUT2D eigenvalue weighted by molar-refractivity contribution is -0.132. The highest BCUT2D eigenvalue weighted by atomic mass is 79.9. The van der Waals surface area contributed by atoms with Crippen LogP contribution < -0.4 is 5.73 Å². The second-order valence-corrected chi connectivity index (χ2v) is 6.19. The molecule has 1 aromatic carbocycles. The summed E-state index contributed by atoms with van der Waals surface area (Å²) in [6.45, 7) is 0.633. The number of hydrogen-bond acceptors (Lipinski definition) is 2. The van der Waals surface area contributed by atoms with E-state index in [9.17, 15) is 4.79 Å². The Morgan fingerprint density at radius 2 is 2.22 bits per heavy atom. The summed E-state index contributed by atoms with van der Waals surface area (Å²) in [6.07, 6.45) is 3.57. The van der Waals surface area contributed by atoms with Gasteiger partial charge < -0.3 is 10.6 Å². The molecule has 0 heterocycles. The Morgan fingerprint density at radius 1 is 1.50 bits per heavy atom. The molecule has 0 unspecified atom stereocenters. The quantitative estimate of drug-likeness (QED) is 0.929. The molecule has 1 aliphatic rings. The maximum Gasteiger partial charge on any atom is 0.224 e. The van der Waals surface area contributed by atoms with Crippen LogP contribution in [-0.4, -0.2) is 23.4 Å². The van der Waals surface area contributed by atoms with Crippen molar-refractivity contribution >= 4 is 21.8 Å². The molecule has 1 fully saturated rings. The van der Waals surface area contributed by atoms with E-state index >= 15 is 0 Å². The van der Waals surface area contributed by atoms with E-state index in [1.165, 1.54) is 0 Å². The Morgan fingerprint density at radius 3 is 2.78 bits per heavy atom. The zero-order chi connectivity index (χ0) is 13.2. The summed E-state index contributed by atoms with van der Waals surface area (Å²) in [7, 11) is 1.84. The minimum atomic E-state index is -0.234. The van der Waals surface area contributed by atoms with Crippen LogP contribution >= 0.6 is 15.9 Å². The molecule has 18 heavy (non-hydrogen) atoms. The van der Waals surface area contributed by atoms with Crippen LogP contribution in [0.1, 0.15) is 31.2 Å². The number of carbonyl (C=O) groups excluding carboxylic acids is 1. The second kappa shape index (κ2) is 5.41. The van der Waals surface area contributed by atoms with Gasteiger partial charge in [0.2, 0.25) is 5.91 Å². The predicted octanol–water partition coefficient (Wildman–Crippen LogP) is 2.68. The molecule has 1 saturated carbocycles. The third-order valence-corrected chi connectivity index (χ3v) is 4.08. The van der Waals surface area contributed by atoms with Gasteiger partial charge in [0.05, 0.1) is 0 Å². The van der Waals surface area contributed by atoms with Crippen molar-refractivity contribution in [3.8, 4) is 0 Å². The Bertz CT molecular complexity index is 443. The summed E-state index contributed by atoms with van der Waals surface area (Å²) in [6, 6.07) is 8.02. The lowest BCUT2D eigenvalue weighted by atomic mass is 9.75. The zero-order valence-electron chi connectivity index (χ0n) is 10.7. The van der Waals surface area contributed by atoms with Gasteiger partial charge in [0.25, 0.3) is 0 Å². The molecule has 0 saturated heterocycles. The van der Waals surface area contributed by atoms with E-state index in [-0.39, 0.29) is 11.4 Å². The van der Waals surface area contributed by atoms with Crippen molar-refractivity contribution in [2.24, 2.45) is 5.73 Å². The number of hydrogen-bond donors (Lipinski definition) is 1. The Labute approximate surface area is 116 Å². The fourth-order valence-electron chi connectivity index (χ4n) is 2.24. The Hall–Kier alpha value is -0.870. The summed E-state index contributed by atoms with van der Waals surface area (Å²) < 4.78 is 1.04. The third-order valence-electron chi connectivity index (χ3n) is 3.59. The van der Waals surface area contributed by atoms with Gasteiger partial charge in [-0.2, -0.15) is 0 Å². The van der Waals surface area contributed by atoms with Gasteiger partial charge >= 0.3 is 0 Å². The first-order valence-corrected chi connectivity index (χ1v) is 7.05. The van der Waals surface area contributed by atoms with Gasteiger partial charge in [0, 0.05) is 30.0 Å². The summed E-state index contributed by atoms with van der Waals surface area (Å²) in [5.74, 6) is 0.136. The normalized spacial score (nSPS) is 17.1. The van der Waals surface area contributed by atoms with Gasteiger partial charge in [0.1, 0.15) is 0 Å². The topological polar surface area (TPSA) is 46.3 Å². The number of carbonyl (C=O) groups is 1. The SMILES string of the molecule is CN(Cc1cccc(Br)c1)C(=O)CC1(N)CCC1. The summed E-state index contributed by atoms with van der Waals surface area (Å²) >= 11 is 3.43. The van der Waals surface area contributed by atoms with Crippen molar-refractivity contribution in [3.05, 3.63) is 34.3 Å². The van der Waals surface area contributed by atoms with Crippen molar-refractivity contribution in [1.29, 1.82) is 0 Å². The first kappa shape index (κ1) is 13.6. The average Bonchev–Trinajstić information content (AvgIpc) is 2.26. The predicted molar refractivity (Wildman–Crippen MR) is 76.0 cm³/mol. The number of halogens is 1. The van der Waals surface area contributed by atoms with Crippen molar-refractivity contribution in [2.75, 3.05) is 7.05 Å². The van der Waals surface area contributed by atoms with E-state index in [0.717, 1.165) is 29.3 Å². The van der Waals surface area contributed by atoms with E-state index in [1.807, 2.05) is 31.3 Å². The lowest BCUT2D eigenvalue weighted by Crippen LogP contribution is -2.50. The van der Waals surface area contributed by atoms with E-state index in [2.05, 4.69) is 15.9 Å². The molecule has 1 aromatic rings. The van der Waals surface area contributed by atoms with Gasteiger partial charge in [-0.25, -0.2) is 0 Å². The molecule has 1 amide bonds. The molecule has 4 heteroatoms. The highest BCUT2D eigenvalue weighted by molar-refractivity contribution is 9.10. The Balaban J connectivity index is 1.91. The number of rotatable bonds is 4. The molecule has 0 spiro atoms. The molecule has 98 valence electrons. The largest absolute Gasteiger partial charge is 0.341 e. The fourth-order valence-corrected chi connectivity index (χ4v) is 2.69. The van der Waals surface area contributed by atoms with Crippen LogP contribution in [0.3, 0.4) is 0 Å². The molecule has 0 bridgehead atoms. The maximum atomic E-state index is 12.1. The monoisotopic (exact) mass is 310 g/mol. The highest BCUT2D eigenvalue weighted by Crippen LogP contribution is 2.32. The van der Waals surface area contributed by atoms with Crippen LogP contribution in [0.4, 0.5) is 0 Å². The van der Waals surface area contributed by atoms with Crippen molar-refractivity contribution in [1.82, 2.24) is 4.90 Å². The first-order chi connectivity index (χ1) is 8.48. The highest BCUT2D eigenvalue weighted by Gasteiger charge is 2.35. The molecule has 0 aromatic heterocycles. The molecule has 2 N–H and O–H groups in total. The lowest BCUT2D eigenvalue weighted by Gasteiger charge is -2.38. The van der Waals surface area contributed by atoms with Gasteiger partial charge in [-0.3, -0.25) is 4.79 Å². The maximum absolute atomic E-state index is 12.1. The van der Waals surface area contributed by atoms with Gasteiger partial charge in [-0.15, -0.1) is 0 Å². The number of benzene rings is 1. The van der Waals surface area contributed by atoms with Crippen LogP contribution in [0.15, 0.2) is 28.7 Å². The fraction of sp³-hybridized carbons (Fsp3) is 0.500. The van der Waals surface area contributed by atoms with Crippen molar-refractivity contribution in [3.63, 3.8) is 0 Å². The van der Waals surface area contributed by atoms with Crippen LogP contribution in [0.2, 0.25) is 0 Å². The van der Waals surface area contributed by atoms with E-state index in [1.54, 1.807) is 4.90 Å². The molecule has 0 radical (unpaired) electrons. The Kier molecular flexibility index (Phi) is 4.07. The molecule has 2 rings (SSSR count). The van der Waals surface area contributed by atoms with Crippen LogP contribution in [0.25, 0.3) is 0 Å². The third kappa shape index (κ3) is 3.33. The van der Waals surface area contributed by atoms with Gasteiger partial charge in [0.15, 0.2) is 0 Å². The van der Waals surface area contributed by atoms with Crippen LogP contribution in [-0.2, 0) is 11.3 Å². The van der Waals surface area contributed by atoms with E-state index in [0.29, 0.717) is 13.0 Å². The number of nitrogens with zero attached hydrogens (tertiary/aromatic N) is 1. The summed E-state index contributed by atoms with van der Waals surface area (Å²) in [5.41, 5.74) is 7.00. The standard InChI is InChI=1S/C14H19BrN2O/c1-17(10-11-4-2-5-12(15)8-11)13(18)9-14(16)6-3-7-14/h2,4-5,8H,3,6-7,9-10,16H2,1H3. The van der Waals surface area contributed by atoms with Gasteiger partial charge in [-0.05, 0) is 37.0 Å². The number of nitrogens with two attached hydrogens (primary N) is 1. The smallest absolute Gasteiger partial charge is 0.224 e. The molecule has 0 aliphatic heterocycles. The molecule has 1 aliphatic carbocycles. The molecular formula is C14H19BrN2O. The second-order valence-electron chi connectivity index (χ2n) is 5.27. The van der Waals surface area contributed by atoms with E-state index in [4.69, 9.17) is 5.73 Å². The average molecular weight is 311 g/mol. The van der Waals surface area contributed by atoms with Crippen LogP contribution in [0, 0.1) is 0 Å². The minimum absolute atomic E-state index is 0.136. The molecular weight excluding hydrogens is 292 g/mol. The number of amides is 1. The van der Waals surface area contributed by atoms with Gasteiger partial charge in [-0.1, -0.05) is 28.1 Å².